The summed E-state index contributed by atoms with van der Waals surface area (Å²) in [6.07, 6.45) is -3.62. The van der Waals surface area contributed by atoms with Crippen LogP contribution in [0.2, 0.25) is 0 Å². The van der Waals surface area contributed by atoms with Crippen LogP contribution in [0.5, 0.6) is 0 Å². The predicted octanol–water partition coefficient (Wildman–Crippen LogP) is 2.39. The van der Waals surface area contributed by atoms with Crippen LogP contribution in [0.1, 0.15) is 4.88 Å². The summed E-state index contributed by atoms with van der Waals surface area (Å²) in [5, 5.41) is 0.169. The van der Waals surface area contributed by atoms with Crippen LogP contribution >= 0.6 is 11.3 Å². The minimum atomic E-state index is -4.40. The first kappa shape index (κ1) is 11.6. The topological polar surface area (TPSA) is 77.8 Å². The van der Waals surface area contributed by atoms with E-state index in [0.29, 0.717) is 16.9 Å². The second-order valence-electron chi connectivity index (χ2n) is 3.20. The molecule has 4 nitrogen and oxygen atoms in total. The second kappa shape index (κ2) is 3.88. The molecule has 0 aliphatic carbocycles. The summed E-state index contributed by atoms with van der Waals surface area (Å²) < 4.78 is 37.2. The molecule has 0 radical (unpaired) electrons. The lowest BCUT2D eigenvalue weighted by Crippen LogP contribution is -2.00. The lowest BCUT2D eigenvalue weighted by Gasteiger charge is -2.02. The van der Waals surface area contributed by atoms with Gasteiger partial charge in [0.25, 0.3) is 0 Å². The number of alkyl halides is 3. The lowest BCUT2D eigenvalue weighted by molar-refractivity contribution is -0.134. The average Bonchev–Trinajstić information content (AvgIpc) is 2.65. The molecule has 0 saturated heterocycles. The second-order valence-corrected chi connectivity index (χ2v) is 4.23. The smallest absolute Gasteiger partial charge is 0.384 e. The number of nitrogens with zero attached hydrogens (tertiary/aromatic N) is 2. The monoisotopic (exact) mass is 260 g/mol. The van der Waals surface area contributed by atoms with E-state index in [1.165, 1.54) is 12.1 Å². The maximum absolute atomic E-state index is 12.4. The quantitative estimate of drug-likeness (QED) is 0.825. The molecule has 0 bridgehead atoms. The summed E-state index contributed by atoms with van der Waals surface area (Å²) in [5.41, 5.74) is 11.3. The maximum Gasteiger partial charge on any atom is 0.427 e. The van der Waals surface area contributed by atoms with E-state index in [2.05, 4.69) is 9.97 Å². The molecule has 0 unspecified atom stereocenters. The Morgan fingerprint density at radius 2 is 1.88 bits per heavy atom. The molecule has 2 aromatic heterocycles. The van der Waals surface area contributed by atoms with Crippen LogP contribution < -0.4 is 11.5 Å². The third kappa shape index (κ3) is 2.31. The molecule has 0 spiro atoms. The van der Waals surface area contributed by atoms with Gasteiger partial charge in [-0.25, -0.2) is 9.97 Å². The molecule has 0 fully saturated rings. The van der Waals surface area contributed by atoms with Crippen molar-refractivity contribution >= 4 is 23.0 Å². The Labute approximate surface area is 98.1 Å². The van der Waals surface area contributed by atoms with Gasteiger partial charge in [-0.05, 0) is 12.1 Å². The first-order chi connectivity index (χ1) is 7.88. The van der Waals surface area contributed by atoms with Crippen molar-refractivity contribution in [1.29, 1.82) is 0 Å². The van der Waals surface area contributed by atoms with E-state index in [4.69, 9.17) is 11.5 Å². The van der Waals surface area contributed by atoms with Crippen LogP contribution in [0.15, 0.2) is 18.3 Å². The number of nitrogens with two attached hydrogens (primary N) is 2. The van der Waals surface area contributed by atoms with Gasteiger partial charge < -0.3 is 11.5 Å². The molecule has 0 atom stereocenters. The van der Waals surface area contributed by atoms with Gasteiger partial charge in [-0.1, -0.05) is 0 Å². The number of thiazole rings is 1. The van der Waals surface area contributed by atoms with Crippen LogP contribution in [-0.4, -0.2) is 9.97 Å². The van der Waals surface area contributed by atoms with Gasteiger partial charge in [0.15, 0.2) is 0 Å². The first-order valence-electron chi connectivity index (χ1n) is 4.43. The van der Waals surface area contributed by atoms with Gasteiger partial charge in [-0.15, -0.1) is 11.3 Å². The molecule has 0 aromatic carbocycles. The molecule has 2 rings (SSSR count). The molecule has 90 valence electrons. The zero-order valence-electron chi connectivity index (χ0n) is 8.32. The van der Waals surface area contributed by atoms with Gasteiger partial charge in [-0.2, -0.15) is 13.2 Å². The van der Waals surface area contributed by atoms with Gasteiger partial charge in [0.2, 0.25) is 0 Å². The number of anilines is 2. The molecule has 0 aliphatic rings. The van der Waals surface area contributed by atoms with Crippen LogP contribution in [0, 0.1) is 0 Å². The standard InChI is InChI=1S/C9H7F3N4S/c10-9(11,12)5-3-15-8(17-5)4-1-2-6(13)16-7(4)14/h1-3H,(H4,13,14,16). The number of hydrogen-bond acceptors (Lipinski definition) is 5. The zero-order valence-corrected chi connectivity index (χ0v) is 9.14. The van der Waals surface area contributed by atoms with E-state index in [1.807, 2.05) is 0 Å². The average molecular weight is 260 g/mol. The Kier molecular flexibility index (Phi) is 2.66. The summed E-state index contributed by atoms with van der Waals surface area (Å²) in [7, 11) is 0. The molecule has 2 heterocycles. The van der Waals surface area contributed by atoms with E-state index in [1.54, 1.807) is 0 Å². The van der Waals surface area contributed by atoms with Crippen molar-refractivity contribution in [2.75, 3.05) is 11.5 Å². The minimum Gasteiger partial charge on any atom is -0.384 e. The molecule has 8 heteroatoms. The molecule has 4 N–H and O–H groups in total. The highest BCUT2D eigenvalue weighted by Crippen LogP contribution is 2.37. The highest BCUT2D eigenvalue weighted by molar-refractivity contribution is 7.15. The molecular weight excluding hydrogens is 253 g/mol. The fourth-order valence-electron chi connectivity index (χ4n) is 1.20. The Bertz CT molecular complexity index is 549. The number of nitrogen functional groups attached to an aromatic ring is 2. The van der Waals surface area contributed by atoms with Crippen molar-refractivity contribution in [3.05, 3.63) is 23.2 Å². The van der Waals surface area contributed by atoms with Crippen molar-refractivity contribution in [2.45, 2.75) is 6.18 Å². The lowest BCUT2D eigenvalue weighted by atomic mass is 10.2. The predicted molar refractivity (Wildman–Crippen MR) is 59.2 cm³/mol. The van der Waals surface area contributed by atoms with Crippen molar-refractivity contribution in [3.8, 4) is 10.6 Å². The molecule has 2 aromatic rings. The molecule has 0 amide bonds. The largest absolute Gasteiger partial charge is 0.427 e. The van der Waals surface area contributed by atoms with Gasteiger partial charge in [0.05, 0.1) is 11.8 Å². The summed E-state index contributed by atoms with van der Waals surface area (Å²) in [6.45, 7) is 0. The summed E-state index contributed by atoms with van der Waals surface area (Å²) in [4.78, 5) is 6.67. The fraction of sp³-hybridized carbons (Fsp3) is 0.111. The van der Waals surface area contributed by atoms with Gasteiger partial charge >= 0.3 is 6.18 Å². The van der Waals surface area contributed by atoms with Crippen molar-refractivity contribution in [1.82, 2.24) is 9.97 Å². The van der Waals surface area contributed by atoms with Gasteiger partial charge in [0.1, 0.15) is 21.5 Å². The molecular formula is C9H7F3N4S. The van der Waals surface area contributed by atoms with Gasteiger partial charge in [0, 0.05) is 0 Å². The highest BCUT2D eigenvalue weighted by Gasteiger charge is 2.33. The van der Waals surface area contributed by atoms with Crippen molar-refractivity contribution in [2.24, 2.45) is 0 Å². The Balaban J connectivity index is 2.44. The van der Waals surface area contributed by atoms with E-state index in [0.717, 1.165) is 6.20 Å². The van der Waals surface area contributed by atoms with E-state index < -0.39 is 11.1 Å². The Morgan fingerprint density at radius 1 is 1.18 bits per heavy atom. The Hall–Kier alpha value is -1.83. The zero-order chi connectivity index (χ0) is 12.6. The third-order valence-electron chi connectivity index (χ3n) is 1.96. The van der Waals surface area contributed by atoms with Gasteiger partial charge in [-0.3, -0.25) is 0 Å². The summed E-state index contributed by atoms with van der Waals surface area (Å²) in [5.74, 6) is 0.270. The minimum absolute atomic E-state index is 0.0630. The van der Waals surface area contributed by atoms with Crippen molar-refractivity contribution < 1.29 is 13.2 Å². The van der Waals surface area contributed by atoms with E-state index in [-0.39, 0.29) is 16.6 Å². The fourth-order valence-corrected chi connectivity index (χ4v) is 2.02. The summed E-state index contributed by atoms with van der Waals surface area (Å²) >= 11 is 0.516. The first-order valence-corrected chi connectivity index (χ1v) is 5.25. The van der Waals surface area contributed by atoms with Crippen LogP contribution in [0.3, 0.4) is 0 Å². The molecule has 0 saturated carbocycles. The van der Waals surface area contributed by atoms with Crippen molar-refractivity contribution in [3.63, 3.8) is 0 Å². The van der Waals surface area contributed by atoms with E-state index in [9.17, 15) is 13.2 Å². The molecule has 0 aliphatic heterocycles. The SMILES string of the molecule is Nc1ccc(-c2ncc(C(F)(F)F)s2)c(N)n1. The highest BCUT2D eigenvalue weighted by atomic mass is 32.1. The number of aromatic nitrogens is 2. The number of halogens is 3. The summed E-state index contributed by atoms with van der Waals surface area (Å²) in [6, 6.07) is 2.96. The molecule has 17 heavy (non-hydrogen) atoms. The maximum atomic E-state index is 12.4. The Morgan fingerprint density at radius 3 is 2.41 bits per heavy atom. The van der Waals surface area contributed by atoms with Crippen LogP contribution in [0.4, 0.5) is 24.8 Å². The normalized spacial score (nSPS) is 11.7. The van der Waals surface area contributed by atoms with Crippen LogP contribution in [-0.2, 0) is 6.18 Å². The number of hydrogen-bond donors (Lipinski definition) is 2. The van der Waals surface area contributed by atoms with Crippen LogP contribution in [0.25, 0.3) is 10.6 Å². The van der Waals surface area contributed by atoms with E-state index >= 15 is 0 Å². The number of rotatable bonds is 1. The third-order valence-corrected chi connectivity index (χ3v) is 3.04. The number of pyridine rings is 1.